The Hall–Kier alpha value is -6.65. The van der Waals surface area contributed by atoms with E-state index in [-0.39, 0.29) is 11.8 Å². The van der Waals surface area contributed by atoms with E-state index in [2.05, 4.69) is 140 Å². The Morgan fingerprint density at radius 2 is 1.04 bits per heavy atom. The number of hydrogen-bond acceptors (Lipinski definition) is 4. The molecule has 4 heteroatoms. The van der Waals surface area contributed by atoms with Crippen molar-refractivity contribution in [2.24, 2.45) is 5.92 Å². The summed E-state index contributed by atoms with van der Waals surface area (Å²) in [7, 11) is 0. The third kappa shape index (κ3) is 5.12. The highest BCUT2D eigenvalue weighted by molar-refractivity contribution is 6.05. The fourth-order valence-electron chi connectivity index (χ4n) is 7.57. The van der Waals surface area contributed by atoms with Crippen LogP contribution in [0.4, 0.5) is 0 Å². The van der Waals surface area contributed by atoms with Crippen molar-refractivity contribution in [2.75, 3.05) is 0 Å². The predicted molar refractivity (Wildman–Crippen MR) is 208 cm³/mol. The molecule has 4 nitrogen and oxygen atoms in total. The first kappa shape index (κ1) is 29.3. The Morgan fingerprint density at radius 3 is 1.78 bits per heavy atom. The number of allylic oxidation sites excluding steroid dienone is 5. The van der Waals surface area contributed by atoms with Crippen LogP contribution in [-0.4, -0.2) is 15.0 Å². The third-order valence-electron chi connectivity index (χ3n) is 10.1. The maximum Gasteiger partial charge on any atom is 0.167 e. The first-order valence-corrected chi connectivity index (χ1v) is 17.4. The highest BCUT2D eigenvalue weighted by Crippen LogP contribution is 2.48. The minimum absolute atomic E-state index is 0.183. The Balaban J connectivity index is 1.17. The second kappa shape index (κ2) is 12.0. The quantitative estimate of drug-likeness (QED) is 0.185. The molecule has 2 unspecified atom stereocenters. The van der Waals surface area contributed by atoms with Crippen molar-refractivity contribution < 1.29 is 4.42 Å². The molecule has 2 aromatic heterocycles. The molecule has 0 amide bonds. The zero-order chi connectivity index (χ0) is 33.7. The van der Waals surface area contributed by atoms with E-state index in [1.54, 1.807) is 0 Å². The van der Waals surface area contributed by atoms with Crippen LogP contribution in [0.15, 0.2) is 174 Å². The van der Waals surface area contributed by atoms with Gasteiger partial charge < -0.3 is 4.42 Å². The molecule has 8 aromatic rings. The standard InChI is InChI=1S/C47H31N3O/c1-4-12-30(13-5-1)34-20-21-36-29-37(23-22-35(36)28-34)46-48-45(33-17-8-3-9-18-33)49-47(50-46)40-26-25-39(31-14-6-2-7-15-31)43-42-38-19-11-10-16-32(38)24-27-41(42)51-44(40)43/h1-29,32,38H. The number of aromatic nitrogens is 3. The second-order valence-electron chi connectivity index (χ2n) is 13.2. The number of benzene rings is 6. The van der Waals surface area contributed by atoms with E-state index in [9.17, 15) is 0 Å². The molecule has 0 aliphatic heterocycles. The van der Waals surface area contributed by atoms with Gasteiger partial charge in [0.25, 0.3) is 0 Å². The van der Waals surface area contributed by atoms with Gasteiger partial charge in [0.05, 0.1) is 5.56 Å². The maximum atomic E-state index is 6.84. The van der Waals surface area contributed by atoms with E-state index in [0.29, 0.717) is 17.5 Å². The maximum absolute atomic E-state index is 6.84. The first-order valence-electron chi connectivity index (χ1n) is 17.4. The molecule has 0 radical (unpaired) electrons. The van der Waals surface area contributed by atoms with Crippen LogP contribution in [0.1, 0.15) is 17.2 Å². The minimum Gasteiger partial charge on any atom is -0.456 e. The number of nitrogens with zero attached hydrogens (tertiary/aromatic N) is 3. The van der Waals surface area contributed by atoms with Gasteiger partial charge in [-0.2, -0.15) is 0 Å². The van der Waals surface area contributed by atoms with Crippen LogP contribution in [0.3, 0.4) is 0 Å². The lowest BCUT2D eigenvalue weighted by Gasteiger charge is -2.25. The van der Waals surface area contributed by atoms with Crippen LogP contribution >= 0.6 is 0 Å². The van der Waals surface area contributed by atoms with E-state index in [0.717, 1.165) is 55.3 Å². The molecule has 0 N–H and O–H groups in total. The lowest BCUT2D eigenvalue weighted by atomic mass is 9.77. The second-order valence-corrected chi connectivity index (χ2v) is 13.2. The van der Waals surface area contributed by atoms with Crippen LogP contribution in [0.25, 0.3) is 84.2 Å². The Kier molecular flexibility index (Phi) is 6.91. The van der Waals surface area contributed by atoms with Gasteiger partial charge in [-0.25, -0.2) is 15.0 Å². The fraction of sp³-hybridized carbons (Fsp3) is 0.0426. The fourth-order valence-corrected chi connectivity index (χ4v) is 7.57. The van der Waals surface area contributed by atoms with Gasteiger partial charge in [-0.3, -0.25) is 0 Å². The normalized spacial score (nSPS) is 16.0. The zero-order valence-corrected chi connectivity index (χ0v) is 27.6. The van der Waals surface area contributed by atoms with E-state index in [1.165, 1.54) is 16.7 Å². The van der Waals surface area contributed by atoms with Gasteiger partial charge in [0, 0.05) is 33.9 Å². The summed E-state index contributed by atoms with van der Waals surface area (Å²) in [6, 6.07) is 48.5. The Morgan fingerprint density at radius 1 is 0.451 bits per heavy atom. The molecule has 0 saturated carbocycles. The molecule has 2 aliphatic carbocycles. The molecule has 2 aliphatic rings. The molecule has 51 heavy (non-hydrogen) atoms. The summed E-state index contributed by atoms with van der Waals surface area (Å²) in [5, 5.41) is 3.39. The number of furan rings is 1. The molecule has 0 fully saturated rings. The number of fused-ring (bicyclic) bond motifs is 6. The van der Waals surface area contributed by atoms with Crippen LogP contribution in [-0.2, 0) is 0 Å². The monoisotopic (exact) mass is 653 g/mol. The number of rotatable bonds is 5. The van der Waals surface area contributed by atoms with Crippen molar-refractivity contribution in [3.8, 4) is 56.4 Å². The summed E-state index contributed by atoms with van der Waals surface area (Å²) in [4.78, 5) is 15.4. The first-order chi connectivity index (χ1) is 25.3. The predicted octanol–water partition coefficient (Wildman–Crippen LogP) is 12.0. The topological polar surface area (TPSA) is 51.8 Å². The lowest BCUT2D eigenvalue weighted by Crippen LogP contribution is -2.12. The van der Waals surface area contributed by atoms with Crippen molar-refractivity contribution in [3.05, 3.63) is 181 Å². The molecule has 240 valence electrons. The molecule has 6 aromatic carbocycles. The van der Waals surface area contributed by atoms with Crippen molar-refractivity contribution in [1.82, 2.24) is 15.0 Å². The largest absolute Gasteiger partial charge is 0.456 e. The summed E-state index contributed by atoms with van der Waals surface area (Å²) in [5.74, 6) is 3.16. The van der Waals surface area contributed by atoms with Gasteiger partial charge in [0.1, 0.15) is 11.3 Å². The SMILES string of the molecule is C1=CC2C=Cc3oc4c(-c5nc(-c6ccccc6)nc(-c6ccc7cc(-c8ccccc8)ccc7c6)n5)ccc(-c5ccccc5)c4c3C2C=C1. The molecule has 0 spiro atoms. The third-order valence-corrected chi connectivity index (χ3v) is 10.1. The van der Waals surface area contributed by atoms with E-state index in [4.69, 9.17) is 19.4 Å². The highest BCUT2D eigenvalue weighted by Gasteiger charge is 2.32. The summed E-state index contributed by atoms with van der Waals surface area (Å²) in [5.41, 5.74) is 9.37. The van der Waals surface area contributed by atoms with Gasteiger partial charge in [0.15, 0.2) is 17.5 Å². The highest BCUT2D eigenvalue weighted by atomic mass is 16.3. The van der Waals surface area contributed by atoms with Gasteiger partial charge in [-0.15, -0.1) is 0 Å². The van der Waals surface area contributed by atoms with Gasteiger partial charge in [-0.1, -0.05) is 152 Å². The lowest BCUT2D eigenvalue weighted by molar-refractivity contribution is 0.578. The van der Waals surface area contributed by atoms with Crippen LogP contribution < -0.4 is 0 Å². The summed E-state index contributed by atoms with van der Waals surface area (Å²) in [6.07, 6.45) is 13.2. The van der Waals surface area contributed by atoms with Crippen LogP contribution in [0, 0.1) is 5.92 Å². The smallest absolute Gasteiger partial charge is 0.167 e. The molecule has 2 heterocycles. The van der Waals surface area contributed by atoms with E-state index in [1.807, 2.05) is 36.4 Å². The zero-order valence-electron chi connectivity index (χ0n) is 27.6. The Bertz CT molecular complexity index is 2690. The van der Waals surface area contributed by atoms with Crippen molar-refractivity contribution >= 4 is 27.8 Å². The van der Waals surface area contributed by atoms with Crippen LogP contribution in [0.5, 0.6) is 0 Å². The van der Waals surface area contributed by atoms with Crippen molar-refractivity contribution in [2.45, 2.75) is 5.92 Å². The van der Waals surface area contributed by atoms with Crippen molar-refractivity contribution in [3.63, 3.8) is 0 Å². The summed E-state index contributed by atoms with van der Waals surface area (Å²) < 4.78 is 6.84. The minimum atomic E-state index is 0.183. The van der Waals surface area contributed by atoms with Gasteiger partial charge in [0.2, 0.25) is 0 Å². The van der Waals surface area contributed by atoms with Crippen molar-refractivity contribution in [1.29, 1.82) is 0 Å². The van der Waals surface area contributed by atoms with E-state index < -0.39 is 0 Å². The average molecular weight is 654 g/mol. The van der Waals surface area contributed by atoms with Crippen LogP contribution in [0.2, 0.25) is 0 Å². The molecular weight excluding hydrogens is 623 g/mol. The average Bonchev–Trinajstić information content (AvgIpc) is 3.61. The summed E-state index contributed by atoms with van der Waals surface area (Å²) in [6.45, 7) is 0. The number of hydrogen-bond donors (Lipinski definition) is 0. The Labute approximate surface area is 295 Å². The molecule has 10 rings (SSSR count). The van der Waals surface area contributed by atoms with Gasteiger partial charge in [-0.05, 0) is 57.3 Å². The molecular formula is C47H31N3O. The molecule has 2 atom stereocenters. The van der Waals surface area contributed by atoms with E-state index >= 15 is 0 Å². The molecule has 0 bridgehead atoms. The van der Waals surface area contributed by atoms with Gasteiger partial charge >= 0.3 is 0 Å². The molecule has 0 saturated heterocycles. The summed E-state index contributed by atoms with van der Waals surface area (Å²) >= 11 is 0.